The first-order valence-electron chi connectivity index (χ1n) is 6.26. The zero-order valence-electron chi connectivity index (χ0n) is 10.3. The van der Waals surface area contributed by atoms with Crippen molar-refractivity contribution in [2.75, 3.05) is 26.4 Å². The highest BCUT2D eigenvalue weighted by molar-refractivity contribution is 4.72. The summed E-state index contributed by atoms with van der Waals surface area (Å²) in [6.07, 6.45) is 5.35. The van der Waals surface area contributed by atoms with Crippen LogP contribution in [0.1, 0.15) is 39.0 Å². The molecule has 0 aromatic rings. The van der Waals surface area contributed by atoms with Gasteiger partial charge in [-0.1, -0.05) is 0 Å². The summed E-state index contributed by atoms with van der Waals surface area (Å²) in [6, 6.07) is 0. The van der Waals surface area contributed by atoms with Crippen LogP contribution in [0, 0.1) is 0 Å². The average molecular weight is 231 g/mol. The van der Waals surface area contributed by atoms with Crippen LogP contribution < -0.4 is 5.73 Å². The molecule has 1 aliphatic heterocycles. The molecular weight excluding hydrogens is 206 g/mol. The van der Waals surface area contributed by atoms with E-state index in [1.807, 2.05) is 0 Å². The molecular formula is C12H25NO3. The molecule has 0 aromatic heterocycles. The summed E-state index contributed by atoms with van der Waals surface area (Å²) in [4.78, 5) is 0. The Labute approximate surface area is 98.1 Å². The van der Waals surface area contributed by atoms with Crippen LogP contribution in [-0.4, -0.2) is 43.2 Å². The van der Waals surface area contributed by atoms with E-state index < -0.39 is 5.60 Å². The van der Waals surface area contributed by atoms with Crippen molar-refractivity contribution in [2.24, 2.45) is 5.73 Å². The topological polar surface area (TPSA) is 64.7 Å². The van der Waals surface area contributed by atoms with Gasteiger partial charge in [-0.2, -0.15) is 0 Å². The van der Waals surface area contributed by atoms with Crippen LogP contribution >= 0.6 is 0 Å². The van der Waals surface area contributed by atoms with Gasteiger partial charge in [0.05, 0.1) is 18.3 Å². The van der Waals surface area contributed by atoms with Gasteiger partial charge in [-0.3, -0.25) is 0 Å². The zero-order valence-corrected chi connectivity index (χ0v) is 10.3. The second kappa shape index (κ2) is 7.22. The predicted octanol–water partition coefficient (Wildman–Crippen LogP) is 1.06. The lowest BCUT2D eigenvalue weighted by Gasteiger charge is -2.23. The highest BCUT2D eigenvalue weighted by Gasteiger charge is 2.17. The van der Waals surface area contributed by atoms with E-state index in [2.05, 4.69) is 0 Å². The molecule has 0 aromatic carbocycles. The third-order valence-corrected chi connectivity index (χ3v) is 3.02. The van der Waals surface area contributed by atoms with Crippen LogP contribution in [0.3, 0.4) is 0 Å². The van der Waals surface area contributed by atoms with Gasteiger partial charge in [-0.25, -0.2) is 0 Å². The number of hydrogen-bond acceptors (Lipinski definition) is 4. The molecule has 1 saturated heterocycles. The minimum atomic E-state index is -0.745. The predicted molar refractivity (Wildman–Crippen MR) is 63.3 cm³/mol. The van der Waals surface area contributed by atoms with Gasteiger partial charge in [0.2, 0.25) is 0 Å². The third-order valence-electron chi connectivity index (χ3n) is 3.02. The van der Waals surface area contributed by atoms with Crippen LogP contribution in [0.15, 0.2) is 0 Å². The van der Waals surface area contributed by atoms with Crippen molar-refractivity contribution < 1.29 is 14.6 Å². The molecule has 2 unspecified atom stereocenters. The van der Waals surface area contributed by atoms with Crippen molar-refractivity contribution in [1.82, 2.24) is 0 Å². The SMILES string of the molecule is CC(O)(CN)CCCOCC1CCCCO1. The van der Waals surface area contributed by atoms with Gasteiger partial charge in [-0.05, 0) is 39.0 Å². The Balaban J connectivity index is 1.95. The molecule has 3 N–H and O–H groups in total. The molecule has 4 heteroatoms. The molecule has 0 spiro atoms. The first-order valence-corrected chi connectivity index (χ1v) is 6.26. The molecule has 96 valence electrons. The second-order valence-electron chi connectivity index (χ2n) is 4.87. The van der Waals surface area contributed by atoms with E-state index in [4.69, 9.17) is 15.2 Å². The van der Waals surface area contributed by atoms with Crippen molar-refractivity contribution in [3.05, 3.63) is 0 Å². The minimum absolute atomic E-state index is 0.281. The molecule has 1 fully saturated rings. The van der Waals surface area contributed by atoms with Crippen LogP contribution in [0.25, 0.3) is 0 Å². The summed E-state index contributed by atoms with van der Waals surface area (Å²) in [5, 5.41) is 9.67. The summed E-state index contributed by atoms with van der Waals surface area (Å²) in [7, 11) is 0. The van der Waals surface area contributed by atoms with Gasteiger partial charge in [-0.15, -0.1) is 0 Å². The molecule has 16 heavy (non-hydrogen) atoms. The normalized spacial score (nSPS) is 25.3. The Morgan fingerprint density at radius 3 is 2.94 bits per heavy atom. The first-order chi connectivity index (χ1) is 7.64. The fourth-order valence-corrected chi connectivity index (χ4v) is 1.81. The van der Waals surface area contributed by atoms with Crippen molar-refractivity contribution in [3.63, 3.8) is 0 Å². The Bertz CT molecular complexity index is 179. The molecule has 1 heterocycles. The highest BCUT2D eigenvalue weighted by atomic mass is 16.5. The summed E-state index contributed by atoms with van der Waals surface area (Å²) in [5.41, 5.74) is 4.68. The second-order valence-corrected chi connectivity index (χ2v) is 4.87. The van der Waals surface area contributed by atoms with Crippen LogP contribution in [0.4, 0.5) is 0 Å². The van der Waals surface area contributed by atoms with Gasteiger partial charge in [0, 0.05) is 19.8 Å². The summed E-state index contributed by atoms with van der Waals surface area (Å²) < 4.78 is 11.1. The highest BCUT2D eigenvalue weighted by Crippen LogP contribution is 2.13. The van der Waals surface area contributed by atoms with E-state index in [-0.39, 0.29) is 6.10 Å². The first kappa shape index (κ1) is 13.9. The van der Waals surface area contributed by atoms with E-state index in [1.165, 1.54) is 12.8 Å². The molecule has 2 atom stereocenters. The fraction of sp³-hybridized carbons (Fsp3) is 1.00. The van der Waals surface area contributed by atoms with Crippen molar-refractivity contribution >= 4 is 0 Å². The lowest BCUT2D eigenvalue weighted by atomic mass is 10.0. The summed E-state index contributed by atoms with van der Waals surface area (Å²) in [5.74, 6) is 0. The summed E-state index contributed by atoms with van der Waals surface area (Å²) in [6.45, 7) is 4.30. The standard InChI is InChI=1S/C12H25NO3/c1-12(14,10-13)6-4-7-15-9-11-5-2-3-8-16-11/h11,14H,2-10,13H2,1H3. The number of rotatable bonds is 7. The Morgan fingerprint density at radius 1 is 1.50 bits per heavy atom. The number of ether oxygens (including phenoxy) is 2. The molecule has 0 aliphatic carbocycles. The molecule has 0 amide bonds. The lowest BCUT2D eigenvalue weighted by molar-refractivity contribution is -0.0437. The number of hydrogen-bond donors (Lipinski definition) is 2. The average Bonchev–Trinajstić information content (AvgIpc) is 2.30. The fourth-order valence-electron chi connectivity index (χ4n) is 1.81. The van der Waals surface area contributed by atoms with Gasteiger partial charge < -0.3 is 20.3 Å². The van der Waals surface area contributed by atoms with Gasteiger partial charge in [0.1, 0.15) is 0 Å². The number of aliphatic hydroxyl groups is 1. The van der Waals surface area contributed by atoms with Crippen LogP contribution in [0.2, 0.25) is 0 Å². The van der Waals surface area contributed by atoms with Gasteiger partial charge in [0.25, 0.3) is 0 Å². The molecule has 0 radical (unpaired) electrons. The third kappa shape index (κ3) is 5.80. The summed E-state index contributed by atoms with van der Waals surface area (Å²) >= 11 is 0. The van der Waals surface area contributed by atoms with E-state index >= 15 is 0 Å². The lowest BCUT2D eigenvalue weighted by Crippen LogP contribution is -2.34. The maximum atomic E-state index is 9.67. The maximum absolute atomic E-state index is 9.67. The molecule has 1 aliphatic rings. The maximum Gasteiger partial charge on any atom is 0.0808 e. The Kier molecular flexibility index (Phi) is 6.28. The molecule has 4 nitrogen and oxygen atoms in total. The molecule has 1 rings (SSSR count). The van der Waals surface area contributed by atoms with Crippen molar-refractivity contribution in [1.29, 1.82) is 0 Å². The monoisotopic (exact) mass is 231 g/mol. The van der Waals surface area contributed by atoms with E-state index in [0.29, 0.717) is 26.2 Å². The molecule has 0 saturated carbocycles. The largest absolute Gasteiger partial charge is 0.389 e. The van der Waals surface area contributed by atoms with Crippen LogP contribution in [0.5, 0.6) is 0 Å². The van der Waals surface area contributed by atoms with E-state index in [0.717, 1.165) is 19.4 Å². The van der Waals surface area contributed by atoms with E-state index in [9.17, 15) is 5.11 Å². The van der Waals surface area contributed by atoms with Gasteiger partial charge >= 0.3 is 0 Å². The number of nitrogens with two attached hydrogens (primary N) is 1. The Hall–Kier alpha value is -0.160. The quantitative estimate of drug-likeness (QED) is 0.643. The van der Waals surface area contributed by atoms with Crippen molar-refractivity contribution in [3.8, 4) is 0 Å². The minimum Gasteiger partial charge on any atom is -0.389 e. The zero-order chi connectivity index (χ0) is 11.9. The van der Waals surface area contributed by atoms with E-state index in [1.54, 1.807) is 6.92 Å². The Morgan fingerprint density at radius 2 is 2.31 bits per heavy atom. The van der Waals surface area contributed by atoms with Gasteiger partial charge in [0.15, 0.2) is 0 Å². The molecule has 0 bridgehead atoms. The van der Waals surface area contributed by atoms with Crippen molar-refractivity contribution in [2.45, 2.75) is 50.7 Å². The smallest absolute Gasteiger partial charge is 0.0808 e. The van der Waals surface area contributed by atoms with Crippen LogP contribution in [-0.2, 0) is 9.47 Å².